The zero-order valence-corrected chi connectivity index (χ0v) is 18.6. The molecular formula is C24H28N4O3. The fraction of sp³-hybridized carbons (Fsp3) is 0.333. The van der Waals surface area contributed by atoms with Gasteiger partial charge in [0, 0.05) is 6.04 Å². The first kappa shape index (κ1) is 22.2. The number of aryl methyl sites for hydroxylation is 3. The van der Waals surface area contributed by atoms with Gasteiger partial charge in [-0.25, -0.2) is 4.79 Å². The molecule has 162 valence electrons. The van der Waals surface area contributed by atoms with Gasteiger partial charge >= 0.3 is 5.69 Å². The van der Waals surface area contributed by atoms with Crippen LogP contribution in [0.2, 0.25) is 0 Å². The Kier molecular flexibility index (Phi) is 6.53. The SMILES string of the molecule is CC[C@H](C)NC(=O)c1nn(-c2ccc(C)c(C)c2)c(=O)n(Cc2ccccc2C)c1=O. The first-order valence-electron chi connectivity index (χ1n) is 10.4. The molecule has 3 aromatic rings. The second-order valence-electron chi connectivity index (χ2n) is 7.91. The molecule has 1 heterocycles. The highest BCUT2D eigenvalue weighted by atomic mass is 16.2. The molecule has 31 heavy (non-hydrogen) atoms. The monoisotopic (exact) mass is 420 g/mol. The number of carbonyl (C=O) groups excluding carboxylic acids is 1. The number of carbonyl (C=O) groups is 1. The van der Waals surface area contributed by atoms with Crippen LogP contribution < -0.4 is 16.6 Å². The molecule has 0 saturated heterocycles. The molecular weight excluding hydrogens is 392 g/mol. The molecule has 1 amide bonds. The lowest BCUT2D eigenvalue weighted by Gasteiger charge is -2.15. The summed E-state index contributed by atoms with van der Waals surface area (Å²) in [4.78, 5) is 39.3. The molecule has 7 heteroatoms. The van der Waals surface area contributed by atoms with Crippen LogP contribution in [0.3, 0.4) is 0 Å². The first-order chi connectivity index (χ1) is 14.7. The predicted molar refractivity (Wildman–Crippen MR) is 121 cm³/mol. The van der Waals surface area contributed by atoms with Gasteiger partial charge < -0.3 is 5.32 Å². The van der Waals surface area contributed by atoms with Crippen molar-refractivity contribution >= 4 is 5.91 Å². The molecule has 0 fully saturated rings. The average molecular weight is 421 g/mol. The van der Waals surface area contributed by atoms with Gasteiger partial charge in [-0.15, -0.1) is 0 Å². The van der Waals surface area contributed by atoms with Gasteiger partial charge in [0.1, 0.15) is 0 Å². The van der Waals surface area contributed by atoms with E-state index in [-0.39, 0.29) is 18.3 Å². The van der Waals surface area contributed by atoms with Crippen LogP contribution in [-0.4, -0.2) is 26.3 Å². The number of rotatable bonds is 6. The Balaban J connectivity index is 2.23. The second kappa shape index (κ2) is 9.12. The number of nitrogens with zero attached hydrogens (tertiary/aromatic N) is 3. The van der Waals surface area contributed by atoms with Gasteiger partial charge in [0.15, 0.2) is 0 Å². The quantitative estimate of drug-likeness (QED) is 0.664. The van der Waals surface area contributed by atoms with E-state index < -0.39 is 17.2 Å². The minimum Gasteiger partial charge on any atom is -0.348 e. The van der Waals surface area contributed by atoms with Crippen molar-refractivity contribution in [1.29, 1.82) is 0 Å². The zero-order valence-electron chi connectivity index (χ0n) is 18.6. The van der Waals surface area contributed by atoms with Crippen LogP contribution in [0.25, 0.3) is 5.69 Å². The first-order valence-corrected chi connectivity index (χ1v) is 10.4. The van der Waals surface area contributed by atoms with Crippen molar-refractivity contribution in [3.8, 4) is 5.69 Å². The van der Waals surface area contributed by atoms with Crippen LogP contribution in [0.5, 0.6) is 0 Å². The molecule has 0 unspecified atom stereocenters. The smallest absolute Gasteiger partial charge is 0.348 e. The highest BCUT2D eigenvalue weighted by molar-refractivity contribution is 5.91. The maximum Gasteiger partial charge on any atom is 0.352 e. The van der Waals surface area contributed by atoms with Crippen molar-refractivity contribution < 1.29 is 4.79 Å². The van der Waals surface area contributed by atoms with Gasteiger partial charge in [0.05, 0.1) is 12.2 Å². The van der Waals surface area contributed by atoms with E-state index in [9.17, 15) is 14.4 Å². The van der Waals surface area contributed by atoms with Crippen LogP contribution >= 0.6 is 0 Å². The maximum absolute atomic E-state index is 13.3. The van der Waals surface area contributed by atoms with Crippen molar-refractivity contribution in [3.63, 3.8) is 0 Å². The lowest BCUT2D eigenvalue weighted by molar-refractivity contribution is 0.0929. The van der Waals surface area contributed by atoms with E-state index in [2.05, 4.69) is 10.4 Å². The lowest BCUT2D eigenvalue weighted by Crippen LogP contribution is -2.47. The van der Waals surface area contributed by atoms with Gasteiger partial charge in [0.2, 0.25) is 5.69 Å². The Labute approximate surface area is 181 Å². The maximum atomic E-state index is 13.3. The minimum absolute atomic E-state index is 0.0569. The van der Waals surface area contributed by atoms with Crippen LogP contribution in [-0.2, 0) is 6.54 Å². The number of nitrogens with one attached hydrogen (secondary N) is 1. The molecule has 0 aliphatic carbocycles. The average Bonchev–Trinajstić information content (AvgIpc) is 2.74. The summed E-state index contributed by atoms with van der Waals surface area (Å²) >= 11 is 0. The summed E-state index contributed by atoms with van der Waals surface area (Å²) in [6.45, 7) is 9.67. The summed E-state index contributed by atoms with van der Waals surface area (Å²) in [5, 5.41) is 6.96. The summed E-state index contributed by atoms with van der Waals surface area (Å²) in [6, 6.07) is 12.9. The van der Waals surface area contributed by atoms with Crippen LogP contribution in [0.1, 0.15) is 53.0 Å². The second-order valence-corrected chi connectivity index (χ2v) is 7.91. The van der Waals surface area contributed by atoms with Crippen molar-refractivity contribution in [2.24, 2.45) is 0 Å². The summed E-state index contributed by atoms with van der Waals surface area (Å²) < 4.78 is 2.22. The third kappa shape index (κ3) is 4.66. The molecule has 0 spiro atoms. The number of amides is 1. The molecule has 0 bridgehead atoms. The molecule has 1 atom stereocenters. The standard InChI is InChI=1S/C24H28N4O3/c1-6-18(5)25-22(29)21-23(30)27(14-19-10-8-7-9-16(19)3)24(31)28(26-21)20-12-11-15(2)17(4)13-20/h7-13,18H,6,14H2,1-5H3,(H,25,29)/t18-/m0/s1. The minimum atomic E-state index is -0.700. The van der Waals surface area contributed by atoms with E-state index in [0.29, 0.717) is 12.1 Å². The summed E-state index contributed by atoms with van der Waals surface area (Å²) in [5.74, 6) is -0.588. The molecule has 2 aromatic carbocycles. The molecule has 1 N–H and O–H groups in total. The van der Waals surface area contributed by atoms with E-state index in [0.717, 1.165) is 31.5 Å². The topological polar surface area (TPSA) is 86.0 Å². The Morgan fingerprint density at radius 2 is 1.74 bits per heavy atom. The van der Waals surface area contributed by atoms with Crippen LogP contribution in [0.4, 0.5) is 0 Å². The molecule has 1 aromatic heterocycles. The highest BCUT2D eigenvalue weighted by Crippen LogP contribution is 2.12. The van der Waals surface area contributed by atoms with E-state index >= 15 is 0 Å². The van der Waals surface area contributed by atoms with Gasteiger partial charge in [-0.2, -0.15) is 9.78 Å². The molecule has 7 nitrogen and oxygen atoms in total. The van der Waals surface area contributed by atoms with E-state index in [1.807, 2.05) is 71.0 Å². The third-order valence-corrected chi connectivity index (χ3v) is 5.59. The predicted octanol–water partition coefficient (Wildman–Crippen LogP) is 2.90. The van der Waals surface area contributed by atoms with Gasteiger partial charge in [-0.3, -0.25) is 14.2 Å². The van der Waals surface area contributed by atoms with E-state index in [1.54, 1.807) is 6.07 Å². The van der Waals surface area contributed by atoms with E-state index in [1.165, 1.54) is 0 Å². The van der Waals surface area contributed by atoms with Crippen molar-refractivity contribution in [2.45, 2.75) is 53.6 Å². The Morgan fingerprint density at radius 1 is 1.03 bits per heavy atom. The van der Waals surface area contributed by atoms with Gasteiger partial charge in [0.25, 0.3) is 11.5 Å². The molecule has 0 radical (unpaired) electrons. The summed E-state index contributed by atoms with van der Waals surface area (Å²) in [6.07, 6.45) is 0.708. The van der Waals surface area contributed by atoms with Crippen LogP contribution in [0.15, 0.2) is 52.1 Å². The van der Waals surface area contributed by atoms with Gasteiger partial charge in [-0.05, 0) is 68.5 Å². The lowest BCUT2D eigenvalue weighted by atomic mass is 10.1. The van der Waals surface area contributed by atoms with Crippen molar-refractivity contribution in [3.05, 3.63) is 91.3 Å². The normalized spacial score (nSPS) is 11.9. The largest absolute Gasteiger partial charge is 0.352 e. The van der Waals surface area contributed by atoms with Gasteiger partial charge in [-0.1, -0.05) is 37.3 Å². The molecule has 0 saturated carbocycles. The number of aromatic nitrogens is 3. The van der Waals surface area contributed by atoms with Crippen LogP contribution in [0, 0.1) is 20.8 Å². The van der Waals surface area contributed by atoms with E-state index in [4.69, 9.17) is 0 Å². The Hall–Kier alpha value is -3.48. The molecule has 0 aliphatic heterocycles. The number of hydrogen-bond donors (Lipinski definition) is 1. The number of benzene rings is 2. The third-order valence-electron chi connectivity index (χ3n) is 5.59. The van der Waals surface area contributed by atoms with Crippen molar-refractivity contribution in [2.75, 3.05) is 0 Å². The fourth-order valence-electron chi connectivity index (χ4n) is 3.17. The molecule has 0 aliphatic rings. The summed E-state index contributed by atoms with van der Waals surface area (Å²) in [7, 11) is 0. The summed E-state index contributed by atoms with van der Waals surface area (Å²) in [5.41, 5.74) is 2.75. The van der Waals surface area contributed by atoms with Crippen molar-refractivity contribution in [1.82, 2.24) is 19.7 Å². The zero-order chi connectivity index (χ0) is 22.7. The fourth-order valence-corrected chi connectivity index (χ4v) is 3.17. The molecule has 3 rings (SSSR count). The Bertz CT molecular complexity index is 1240. The Morgan fingerprint density at radius 3 is 2.39 bits per heavy atom. The number of hydrogen-bond acceptors (Lipinski definition) is 4. The highest BCUT2D eigenvalue weighted by Gasteiger charge is 2.21.